The van der Waals surface area contributed by atoms with Gasteiger partial charge < -0.3 is 0 Å². The molecular weight excluding hydrogens is 446 g/mol. The minimum absolute atomic E-state index is 0.0637. The van der Waals surface area contributed by atoms with E-state index in [-0.39, 0.29) is 5.56 Å². The van der Waals surface area contributed by atoms with Crippen LogP contribution >= 0.6 is 34.4 Å². The number of allylic oxidation sites excluding steroid dienone is 1. The Kier molecular flexibility index (Phi) is 5.58. The summed E-state index contributed by atoms with van der Waals surface area (Å²) in [7, 11) is 1.90. The van der Waals surface area contributed by atoms with Crippen LogP contribution in [0.2, 0.25) is 0 Å². The summed E-state index contributed by atoms with van der Waals surface area (Å²) in [6.45, 7) is 6.59. The molecule has 1 aliphatic carbocycles. The van der Waals surface area contributed by atoms with E-state index >= 15 is 0 Å². The third-order valence-corrected chi connectivity index (χ3v) is 8.64. The second-order valence-corrected chi connectivity index (χ2v) is 10.9. The van der Waals surface area contributed by atoms with E-state index in [1.807, 2.05) is 19.4 Å². The predicted molar refractivity (Wildman–Crippen MR) is 129 cm³/mol. The van der Waals surface area contributed by atoms with Gasteiger partial charge in [-0.25, -0.2) is 9.97 Å². The number of thioether (sulfide) groups is 1. The largest absolute Gasteiger partial charge is 0.283 e. The predicted octanol–water partition coefficient (Wildman–Crippen LogP) is 4.92. The Morgan fingerprint density at radius 2 is 2.26 bits per heavy atom. The van der Waals surface area contributed by atoms with Crippen molar-refractivity contribution in [1.82, 2.24) is 24.3 Å². The molecule has 0 saturated heterocycles. The molecule has 0 amide bonds. The average Bonchev–Trinajstić information content (AvgIpc) is 3.46. The number of thiazole rings is 1. The number of nitrogens with zero attached hydrogens (tertiary/aromatic N) is 5. The molecule has 0 N–H and O–H groups in total. The molecule has 31 heavy (non-hydrogen) atoms. The molecule has 6 nitrogen and oxygen atoms in total. The highest BCUT2D eigenvalue weighted by molar-refractivity contribution is 7.98. The lowest BCUT2D eigenvalue weighted by Gasteiger charge is -2.17. The number of thiophene rings is 1. The van der Waals surface area contributed by atoms with Crippen LogP contribution in [0.1, 0.15) is 29.5 Å². The summed E-state index contributed by atoms with van der Waals surface area (Å²) in [4.78, 5) is 25.3. The fourth-order valence-corrected chi connectivity index (χ4v) is 7.21. The molecule has 0 saturated carbocycles. The zero-order valence-electron chi connectivity index (χ0n) is 17.5. The van der Waals surface area contributed by atoms with E-state index < -0.39 is 0 Å². The van der Waals surface area contributed by atoms with Gasteiger partial charge in [-0.2, -0.15) is 5.10 Å². The van der Waals surface area contributed by atoms with E-state index in [1.165, 1.54) is 10.4 Å². The average molecular weight is 470 g/mol. The molecule has 4 aromatic heterocycles. The van der Waals surface area contributed by atoms with Crippen LogP contribution in [0.25, 0.3) is 20.8 Å². The van der Waals surface area contributed by atoms with Crippen molar-refractivity contribution in [2.75, 3.05) is 0 Å². The fourth-order valence-electron chi connectivity index (χ4n) is 3.98. The van der Waals surface area contributed by atoms with Gasteiger partial charge in [-0.3, -0.25) is 14.0 Å². The molecule has 0 aromatic carbocycles. The maximum absolute atomic E-state index is 13.4. The molecule has 0 aliphatic heterocycles. The lowest BCUT2D eigenvalue weighted by atomic mass is 9.89. The summed E-state index contributed by atoms with van der Waals surface area (Å²) >= 11 is 4.87. The topological polar surface area (TPSA) is 65.6 Å². The number of aromatic nitrogens is 5. The SMILES string of the molecule is C=CCn1c(SCc2csc(-c3cnn(C)c3)n2)nc2sc3c(c2c1=O)CCC(C)C3. The van der Waals surface area contributed by atoms with Gasteiger partial charge in [-0.05, 0) is 30.7 Å². The quantitative estimate of drug-likeness (QED) is 0.228. The third kappa shape index (κ3) is 3.90. The normalized spacial score (nSPS) is 16.0. The Bertz CT molecular complexity index is 1330. The van der Waals surface area contributed by atoms with E-state index in [0.29, 0.717) is 18.2 Å². The van der Waals surface area contributed by atoms with Crippen LogP contribution in [0.3, 0.4) is 0 Å². The minimum Gasteiger partial charge on any atom is -0.283 e. The minimum atomic E-state index is 0.0637. The molecule has 1 atom stereocenters. The van der Waals surface area contributed by atoms with E-state index in [9.17, 15) is 4.79 Å². The van der Waals surface area contributed by atoms with Crippen molar-refractivity contribution in [3.63, 3.8) is 0 Å². The summed E-state index contributed by atoms with van der Waals surface area (Å²) in [5.41, 5.74) is 3.29. The molecule has 5 rings (SSSR count). The van der Waals surface area contributed by atoms with Crippen LogP contribution < -0.4 is 5.56 Å². The van der Waals surface area contributed by atoms with E-state index in [1.54, 1.807) is 49.8 Å². The molecule has 1 aliphatic rings. The van der Waals surface area contributed by atoms with E-state index in [0.717, 1.165) is 50.9 Å². The summed E-state index contributed by atoms with van der Waals surface area (Å²) in [5.74, 6) is 1.33. The second-order valence-electron chi connectivity index (χ2n) is 7.97. The first-order valence-corrected chi connectivity index (χ1v) is 12.9. The van der Waals surface area contributed by atoms with Gasteiger partial charge in [0.05, 0.1) is 17.3 Å². The van der Waals surface area contributed by atoms with Crippen LogP contribution in [0.5, 0.6) is 0 Å². The molecule has 4 heterocycles. The van der Waals surface area contributed by atoms with Gasteiger partial charge in [0.2, 0.25) is 0 Å². The summed E-state index contributed by atoms with van der Waals surface area (Å²) in [5, 5.41) is 8.80. The Morgan fingerprint density at radius 1 is 1.39 bits per heavy atom. The first kappa shape index (κ1) is 20.7. The van der Waals surface area contributed by atoms with Crippen LogP contribution in [-0.4, -0.2) is 24.3 Å². The lowest BCUT2D eigenvalue weighted by Crippen LogP contribution is -2.23. The monoisotopic (exact) mass is 469 g/mol. The van der Waals surface area contributed by atoms with Gasteiger partial charge in [-0.15, -0.1) is 29.3 Å². The molecule has 0 bridgehead atoms. The zero-order chi connectivity index (χ0) is 21.5. The Balaban J connectivity index is 1.46. The van der Waals surface area contributed by atoms with Crippen LogP contribution in [-0.2, 0) is 32.2 Å². The zero-order valence-corrected chi connectivity index (χ0v) is 19.9. The fraction of sp³-hybridized carbons (Fsp3) is 0.364. The number of rotatable bonds is 6. The maximum atomic E-state index is 13.4. The molecule has 4 aromatic rings. The van der Waals surface area contributed by atoms with Gasteiger partial charge in [0.1, 0.15) is 9.84 Å². The first-order valence-electron chi connectivity index (χ1n) is 10.3. The van der Waals surface area contributed by atoms with Gasteiger partial charge in [-0.1, -0.05) is 24.8 Å². The van der Waals surface area contributed by atoms with Gasteiger partial charge >= 0.3 is 0 Å². The molecule has 0 radical (unpaired) electrons. The van der Waals surface area contributed by atoms with Crippen molar-refractivity contribution in [1.29, 1.82) is 0 Å². The van der Waals surface area contributed by atoms with Crippen molar-refractivity contribution < 1.29 is 0 Å². The van der Waals surface area contributed by atoms with Crippen molar-refractivity contribution in [2.45, 2.75) is 43.6 Å². The van der Waals surface area contributed by atoms with Crippen LogP contribution in [0.15, 0.2) is 40.4 Å². The Labute approximate surface area is 192 Å². The molecular formula is C22H23N5OS3. The molecule has 9 heteroatoms. The Morgan fingerprint density at radius 3 is 3.03 bits per heavy atom. The molecule has 160 valence electrons. The van der Waals surface area contributed by atoms with Gasteiger partial charge in [0.25, 0.3) is 5.56 Å². The van der Waals surface area contributed by atoms with Crippen molar-refractivity contribution in [3.8, 4) is 10.6 Å². The number of fused-ring (bicyclic) bond motifs is 3. The highest BCUT2D eigenvalue weighted by Crippen LogP contribution is 2.37. The number of aryl methyl sites for hydroxylation is 2. The first-order chi connectivity index (χ1) is 15.0. The summed E-state index contributed by atoms with van der Waals surface area (Å²) in [6, 6.07) is 0. The van der Waals surface area contributed by atoms with Crippen LogP contribution in [0, 0.1) is 5.92 Å². The molecule has 1 unspecified atom stereocenters. The lowest BCUT2D eigenvalue weighted by molar-refractivity contribution is 0.509. The number of hydrogen-bond donors (Lipinski definition) is 0. The van der Waals surface area contributed by atoms with Crippen molar-refractivity contribution in [2.24, 2.45) is 13.0 Å². The molecule has 0 spiro atoms. The standard InChI is InChI=1S/C22H23N5OS3/c1-4-7-27-21(28)18-16-6-5-13(2)8-17(16)31-20(18)25-22(27)30-12-15-11-29-19(24-15)14-9-23-26(3)10-14/h4,9-11,13H,1,5-8,12H2,2-3H3. The van der Waals surface area contributed by atoms with Gasteiger partial charge in [0, 0.05) is 41.4 Å². The smallest absolute Gasteiger partial charge is 0.263 e. The molecule has 0 fully saturated rings. The van der Waals surface area contributed by atoms with Gasteiger partial charge in [0.15, 0.2) is 5.16 Å². The summed E-state index contributed by atoms with van der Waals surface area (Å²) < 4.78 is 3.54. The van der Waals surface area contributed by atoms with Crippen molar-refractivity contribution in [3.05, 3.63) is 56.9 Å². The highest BCUT2D eigenvalue weighted by atomic mass is 32.2. The van der Waals surface area contributed by atoms with Crippen molar-refractivity contribution >= 4 is 44.7 Å². The Hall–Kier alpha value is -2.23. The van der Waals surface area contributed by atoms with E-state index in [2.05, 4.69) is 24.0 Å². The second kappa shape index (κ2) is 8.37. The maximum Gasteiger partial charge on any atom is 0.263 e. The number of hydrogen-bond acceptors (Lipinski definition) is 7. The van der Waals surface area contributed by atoms with E-state index in [4.69, 9.17) is 9.97 Å². The summed E-state index contributed by atoms with van der Waals surface area (Å²) in [6.07, 6.45) is 8.72. The van der Waals surface area contributed by atoms with Crippen LogP contribution in [0.4, 0.5) is 0 Å². The third-order valence-electron chi connectivity index (χ3n) is 5.54. The highest BCUT2D eigenvalue weighted by Gasteiger charge is 2.24.